The predicted octanol–water partition coefficient (Wildman–Crippen LogP) is 4.83. The number of halogens is 1. The molecule has 1 atom stereocenters. The zero-order valence-corrected chi connectivity index (χ0v) is 24.2. The summed E-state index contributed by atoms with van der Waals surface area (Å²) in [4.78, 5) is 29.0. The quantitative estimate of drug-likeness (QED) is 0.319. The Labute approximate surface area is 236 Å². The van der Waals surface area contributed by atoms with E-state index in [4.69, 9.17) is 11.6 Å². The van der Waals surface area contributed by atoms with Gasteiger partial charge in [0.25, 0.3) is 0 Å². The Morgan fingerprint density at radius 1 is 0.923 bits per heavy atom. The van der Waals surface area contributed by atoms with Crippen molar-refractivity contribution in [1.82, 2.24) is 10.2 Å². The van der Waals surface area contributed by atoms with Crippen molar-refractivity contribution in [3.05, 3.63) is 101 Å². The highest BCUT2D eigenvalue weighted by Gasteiger charge is 2.33. The molecule has 0 radical (unpaired) electrons. The summed E-state index contributed by atoms with van der Waals surface area (Å²) in [6.45, 7) is 3.99. The van der Waals surface area contributed by atoms with Crippen molar-refractivity contribution >= 4 is 39.1 Å². The van der Waals surface area contributed by atoms with Crippen LogP contribution in [0.3, 0.4) is 0 Å². The average molecular weight is 570 g/mol. The molecule has 0 unspecified atom stereocenters. The van der Waals surface area contributed by atoms with Crippen molar-refractivity contribution in [3.63, 3.8) is 0 Å². The van der Waals surface area contributed by atoms with E-state index in [0.29, 0.717) is 23.7 Å². The summed E-state index contributed by atoms with van der Waals surface area (Å²) < 4.78 is 27.0. The molecule has 3 aromatic rings. The zero-order valence-electron chi connectivity index (χ0n) is 22.6. The Balaban J connectivity index is 2.06. The minimum Gasteiger partial charge on any atom is -0.354 e. The molecule has 2 amide bonds. The molecule has 0 saturated heterocycles. The number of carbonyl (C=O) groups excluding carboxylic acids is 2. The van der Waals surface area contributed by atoms with E-state index in [1.165, 1.54) is 4.90 Å². The molecule has 0 fully saturated rings. The van der Waals surface area contributed by atoms with E-state index in [9.17, 15) is 18.0 Å². The molecule has 3 rings (SSSR count). The number of hydrogen-bond acceptors (Lipinski definition) is 4. The molecule has 1 N–H and O–H groups in total. The lowest BCUT2D eigenvalue weighted by molar-refractivity contribution is -0.140. The summed E-state index contributed by atoms with van der Waals surface area (Å²) in [6.07, 6.45) is 2.69. The molecule has 0 aliphatic heterocycles. The highest BCUT2D eigenvalue weighted by atomic mass is 35.5. The fraction of sp³-hybridized carbons (Fsp3) is 0.333. The van der Waals surface area contributed by atoms with Crippen LogP contribution in [-0.2, 0) is 39.0 Å². The van der Waals surface area contributed by atoms with Gasteiger partial charge in [-0.1, -0.05) is 86.1 Å². The lowest BCUT2D eigenvalue weighted by atomic mass is 10.0. The first-order valence-corrected chi connectivity index (χ1v) is 15.3. The van der Waals surface area contributed by atoms with Crippen LogP contribution < -0.4 is 9.62 Å². The van der Waals surface area contributed by atoms with Crippen LogP contribution in [0.5, 0.6) is 0 Å². The van der Waals surface area contributed by atoms with Crippen LogP contribution in [0, 0.1) is 0 Å². The van der Waals surface area contributed by atoms with Gasteiger partial charge in [0.1, 0.15) is 12.6 Å². The molecule has 0 spiro atoms. The smallest absolute Gasteiger partial charge is 0.244 e. The third-order valence-corrected chi connectivity index (χ3v) is 7.74. The van der Waals surface area contributed by atoms with Gasteiger partial charge in [-0.05, 0) is 47.7 Å². The minimum absolute atomic E-state index is 0.0868. The van der Waals surface area contributed by atoms with Crippen LogP contribution in [0.1, 0.15) is 37.0 Å². The molecule has 0 aliphatic rings. The van der Waals surface area contributed by atoms with Crippen molar-refractivity contribution in [2.45, 2.75) is 45.7 Å². The van der Waals surface area contributed by atoms with E-state index in [1.54, 1.807) is 30.3 Å². The molecule has 39 heavy (non-hydrogen) atoms. The molecular weight excluding hydrogens is 534 g/mol. The molecule has 3 aromatic carbocycles. The normalized spacial score (nSPS) is 12.0. The van der Waals surface area contributed by atoms with Crippen molar-refractivity contribution in [2.75, 3.05) is 23.7 Å². The zero-order chi connectivity index (χ0) is 28.4. The van der Waals surface area contributed by atoms with Crippen LogP contribution in [-0.4, -0.2) is 50.5 Å². The number of carbonyl (C=O) groups is 2. The van der Waals surface area contributed by atoms with E-state index in [1.807, 2.05) is 62.4 Å². The Kier molecular flexibility index (Phi) is 10.9. The van der Waals surface area contributed by atoms with Crippen LogP contribution in [0.4, 0.5) is 5.69 Å². The molecule has 0 saturated carbocycles. The average Bonchev–Trinajstić information content (AvgIpc) is 2.92. The van der Waals surface area contributed by atoms with Gasteiger partial charge in [-0.3, -0.25) is 13.9 Å². The van der Waals surface area contributed by atoms with Gasteiger partial charge in [0, 0.05) is 24.5 Å². The van der Waals surface area contributed by atoms with Gasteiger partial charge in [0.15, 0.2) is 0 Å². The molecule has 7 nitrogen and oxygen atoms in total. The van der Waals surface area contributed by atoms with Crippen molar-refractivity contribution in [3.8, 4) is 0 Å². The number of amides is 2. The Hall–Kier alpha value is -3.36. The van der Waals surface area contributed by atoms with Crippen LogP contribution in [0.2, 0.25) is 5.02 Å². The predicted molar refractivity (Wildman–Crippen MR) is 157 cm³/mol. The summed E-state index contributed by atoms with van der Waals surface area (Å²) in [5.41, 5.74) is 2.87. The first-order valence-electron chi connectivity index (χ1n) is 13.0. The summed E-state index contributed by atoms with van der Waals surface area (Å²) in [5.74, 6) is -0.783. The SMILES string of the molecule is CCCNC(=O)[C@H](Cc1ccccc1)N(Cc1cccc(Cl)c1)C(=O)CN(c1ccccc1CC)S(C)(=O)=O. The van der Waals surface area contributed by atoms with E-state index in [2.05, 4.69) is 5.32 Å². The molecule has 9 heteroatoms. The largest absolute Gasteiger partial charge is 0.354 e. The summed E-state index contributed by atoms with van der Waals surface area (Å²) >= 11 is 6.24. The summed E-state index contributed by atoms with van der Waals surface area (Å²) in [5, 5.41) is 3.43. The number of nitrogens with one attached hydrogen (secondary N) is 1. The second-order valence-electron chi connectivity index (χ2n) is 9.40. The van der Waals surface area contributed by atoms with Gasteiger partial charge in [0.2, 0.25) is 21.8 Å². The molecule has 0 bridgehead atoms. The third-order valence-electron chi connectivity index (χ3n) is 6.38. The minimum atomic E-state index is -3.81. The lowest BCUT2D eigenvalue weighted by Crippen LogP contribution is -2.53. The maximum absolute atomic E-state index is 14.1. The number of anilines is 1. The number of hydrogen-bond donors (Lipinski definition) is 1. The highest BCUT2D eigenvalue weighted by Crippen LogP contribution is 2.25. The molecule has 0 aromatic heterocycles. The number of nitrogens with zero attached hydrogens (tertiary/aromatic N) is 2. The molecule has 208 valence electrons. The van der Waals surface area contributed by atoms with Gasteiger partial charge in [-0.15, -0.1) is 0 Å². The van der Waals surface area contributed by atoms with Gasteiger partial charge >= 0.3 is 0 Å². The fourth-order valence-corrected chi connectivity index (χ4v) is 5.49. The lowest BCUT2D eigenvalue weighted by Gasteiger charge is -2.34. The maximum atomic E-state index is 14.1. The maximum Gasteiger partial charge on any atom is 0.244 e. The second kappa shape index (κ2) is 14.1. The molecular formula is C30H36ClN3O4S. The van der Waals surface area contributed by atoms with Crippen molar-refractivity contribution < 1.29 is 18.0 Å². The number of sulfonamides is 1. The first kappa shape index (κ1) is 30.2. The summed E-state index contributed by atoms with van der Waals surface area (Å²) in [6, 6.07) is 22.8. The Bertz CT molecular complexity index is 1370. The van der Waals surface area contributed by atoms with Gasteiger partial charge in [-0.25, -0.2) is 8.42 Å². The van der Waals surface area contributed by atoms with E-state index in [0.717, 1.165) is 33.7 Å². The monoisotopic (exact) mass is 569 g/mol. The number of aryl methyl sites for hydroxylation is 1. The second-order valence-corrected chi connectivity index (χ2v) is 11.7. The summed E-state index contributed by atoms with van der Waals surface area (Å²) in [7, 11) is -3.81. The van der Waals surface area contributed by atoms with Crippen molar-refractivity contribution in [1.29, 1.82) is 0 Å². The van der Waals surface area contributed by atoms with E-state index >= 15 is 0 Å². The molecule has 0 heterocycles. The highest BCUT2D eigenvalue weighted by molar-refractivity contribution is 7.92. The van der Waals surface area contributed by atoms with Crippen LogP contribution >= 0.6 is 11.6 Å². The number of para-hydroxylation sites is 1. The van der Waals surface area contributed by atoms with Gasteiger partial charge < -0.3 is 10.2 Å². The van der Waals surface area contributed by atoms with E-state index < -0.39 is 28.5 Å². The standard InChI is InChI=1S/C30H36ClN3O4S/c1-4-18-32-30(36)28(20-23-12-7-6-8-13-23)33(21-24-14-11-16-26(31)19-24)29(35)22-34(39(3,37)38)27-17-10-9-15-25(27)5-2/h6-17,19,28H,4-5,18,20-22H2,1-3H3,(H,32,36)/t28-/m0/s1. The Morgan fingerprint density at radius 2 is 1.59 bits per heavy atom. The fourth-order valence-electron chi connectivity index (χ4n) is 4.40. The van der Waals surface area contributed by atoms with Crippen LogP contribution in [0.15, 0.2) is 78.9 Å². The molecule has 0 aliphatic carbocycles. The third kappa shape index (κ3) is 8.57. The van der Waals surface area contributed by atoms with Gasteiger partial charge in [-0.2, -0.15) is 0 Å². The van der Waals surface area contributed by atoms with E-state index in [-0.39, 0.29) is 18.9 Å². The Morgan fingerprint density at radius 3 is 2.23 bits per heavy atom. The van der Waals surface area contributed by atoms with Crippen molar-refractivity contribution in [2.24, 2.45) is 0 Å². The number of benzene rings is 3. The van der Waals surface area contributed by atoms with Gasteiger partial charge in [0.05, 0.1) is 11.9 Å². The first-order chi connectivity index (χ1) is 18.6. The van der Waals surface area contributed by atoms with Crippen LogP contribution in [0.25, 0.3) is 0 Å². The topological polar surface area (TPSA) is 86.8 Å². The number of rotatable bonds is 13.